The first-order valence-electron chi connectivity index (χ1n) is 14.1. The van der Waals surface area contributed by atoms with Gasteiger partial charge in [0.15, 0.2) is 0 Å². The number of alkyl carbamates (subject to hydrolysis) is 2. The maximum absolute atomic E-state index is 12.6. The van der Waals surface area contributed by atoms with E-state index in [2.05, 4.69) is 10.6 Å². The van der Waals surface area contributed by atoms with Crippen molar-refractivity contribution in [2.75, 3.05) is 0 Å². The van der Waals surface area contributed by atoms with Gasteiger partial charge in [0.2, 0.25) is 0 Å². The summed E-state index contributed by atoms with van der Waals surface area (Å²) in [5, 5.41) is 28.4. The van der Waals surface area contributed by atoms with Crippen molar-refractivity contribution >= 4 is 12.2 Å². The van der Waals surface area contributed by atoms with Crippen LogP contribution in [0.4, 0.5) is 9.59 Å². The normalized spacial score (nSPS) is 21.7. The number of amides is 2. The number of aliphatic hydroxyl groups excluding tert-OH is 2. The average Bonchev–Trinajstić information content (AvgIpc) is 2.76. The van der Waals surface area contributed by atoms with Gasteiger partial charge >= 0.3 is 12.2 Å². The lowest BCUT2D eigenvalue weighted by Crippen LogP contribution is -2.57. The van der Waals surface area contributed by atoms with E-state index in [0.29, 0.717) is 24.7 Å². The molecule has 2 amide bonds. The molecule has 36 heavy (non-hydrogen) atoms. The maximum Gasteiger partial charge on any atom is 0.407 e. The molecule has 0 heterocycles. The first kappa shape index (κ1) is 30.7. The molecule has 0 saturated heterocycles. The summed E-state index contributed by atoms with van der Waals surface area (Å²) < 4.78 is 10.9. The molecule has 2 aliphatic carbocycles. The number of hydrogen-bond acceptors (Lipinski definition) is 6. The second-order valence-electron chi connectivity index (χ2n) is 13.0. The van der Waals surface area contributed by atoms with Gasteiger partial charge in [-0.1, -0.05) is 64.2 Å². The van der Waals surface area contributed by atoms with Crippen molar-refractivity contribution in [2.45, 2.75) is 154 Å². The van der Waals surface area contributed by atoms with Gasteiger partial charge in [-0.05, 0) is 66.2 Å². The minimum atomic E-state index is -1.26. The summed E-state index contributed by atoms with van der Waals surface area (Å²) in [6, 6.07) is -1.38. The first-order valence-corrected chi connectivity index (χ1v) is 14.1. The molecular formula is C28H52N2O6. The smallest absolute Gasteiger partial charge is 0.407 e. The van der Waals surface area contributed by atoms with Gasteiger partial charge in [-0.2, -0.15) is 0 Å². The summed E-state index contributed by atoms with van der Waals surface area (Å²) >= 11 is 0. The Morgan fingerprint density at radius 2 is 0.972 bits per heavy atom. The van der Waals surface area contributed by atoms with Crippen molar-refractivity contribution in [2.24, 2.45) is 11.8 Å². The van der Waals surface area contributed by atoms with E-state index in [0.717, 1.165) is 51.4 Å². The van der Waals surface area contributed by atoms with Crippen molar-refractivity contribution in [1.82, 2.24) is 10.6 Å². The fraction of sp³-hybridized carbons (Fsp3) is 0.929. The van der Waals surface area contributed by atoms with Crippen LogP contribution in [-0.4, -0.2) is 57.9 Å². The van der Waals surface area contributed by atoms with Crippen molar-refractivity contribution in [3.05, 3.63) is 0 Å². The first-order chi connectivity index (χ1) is 16.7. The highest BCUT2D eigenvalue weighted by molar-refractivity contribution is 5.68. The molecule has 0 radical (unpaired) electrons. The molecule has 2 fully saturated rings. The molecule has 0 aliphatic heterocycles. The molecule has 4 N–H and O–H groups in total. The van der Waals surface area contributed by atoms with E-state index in [4.69, 9.17) is 9.47 Å². The van der Waals surface area contributed by atoms with Crippen LogP contribution in [0.1, 0.15) is 119 Å². The van der Waals surface area contributed by atoms with Gasteiger partial charge in [0.05, 0.1) is 12.1 Å². The van der Waals surface area contributed by atoms with Crippen LogP contribution in [-0.2, 0) is 9.47 Å². The summed E-state index contributed by atoms with van der Waals surface area (Å²) in [4.78, 5) is 25.3. The third kappa shape index (κ3) is 11.7. The number of carbonyl (C=O) groups is 2. The van der Waals surface area contributed by atoms with Gasteiger partial charge in [-0.15, -0.1) is 0 Å². The monoisotopic (exact) mass is 512 g/mol. The third-order valence-electron chi connectivity index (χ3n) is 7.20. The second-order valence-corrected chi connectivity index (χ2v) is 13.0. The SMILES string of the molecule is CC(C)(C)OC(=O)N[C@@H](CC1CCCCC1)[C@H](O)[C@H](O)[C@H](CC1CCCCC1)NC(=O)OC(C)(C)C. The number of nitrogens with one attached hydrogen (secondary N) is 2. The molecular weight excluding hydrogens is 460 g/mol. The fourth-order valence-corrected chi connectivity index (χ4v) is 5.53. The summed E-state index contributed by atoms with van der Waals surface area (Å²) in [5.41, 5.74) is -1.35. The zero-order chi connectivity index (χ0) is 26.9. The minimum Gasteiger partial charge on any atom is -0.444 e. The topological polar surface area (TPSA) is 117 Å². The van der Waals surface area contributed by atoms with Crippen LogP contribution >= 0.6 is 0 Å². The molecule has 2 rings (SSSR count). The highest BCUT2D eigenvalue weighted by atomic mass is 16.6. The van der Waals surface area contributed by atoms with Crippen LogP contribution in [0, 0.1) is 11.8 Å². The standard InChI is InChI=1S/C28H52N2O6/c1-27(2,3)35-25(33)29-21(17-19-13-9-7-10-14-19)23(31)24(32)22(18-20-15-11-8-12-16-20)30-26(34)36-28(4,5)6/h19-24,31-32H,7-18H2,1-6H3,(H,29,33)(H,30,34)/t21-,22-,23-,24+/m0/s1. The van der Waals surface area contributed by atoms with Crippen molar-refractivity contribution < 1.29 is 29.3 Å². The number of ether oxygens (including phenoxy) is 2. The zero-order valence-corrected chi connectivity index (χ0v) is 23.5. The molecule has 0 unspecified atom stereocenters. The molecule has 2 aliphatic rings. The zero-order valence-electron chi connectivity index (χ0n) is 23.5. The lowest BCUT2D eigenvalue weighted by molar-refractivity contribution is -0.0384. The number of hydrogen-bond donors (Lipinski definition) is 4. The van der Waals surface area contributed by atoms with E-state index >= 15 is 0 Å². The molecule has 2 saturated carbocycles. The Bertz CT molecular complexity index is 617. The number of aliphatic hydroxyl groups is 2. The summed E-state index contributed by atoms with van der Waals surface area (Å²) in [6.07, 6.45) is 8.45. The summed E-state index contributed by atoms with van der Waals surface area (Å²) in [5.74, 6) is 0.715. The Balaban J connectivity index is 2.18. The Labute approximate surface area is 218 Å². The molecule has 210 valence electrons. The van der Waals surface area contributed by atoms with Crippen LogP contribution in [0.5, 0.6) is 0 Å². The predicted octanol–water partition coefficient (Wildman–Crippen LogP) is 5.44. The van der Waals surface area contributed by atoms with Crippen molar-refractivity contribution in [1.29, 1.82) is 0 Å². The van der Waals surface area contributed by atoms with Gasteiger partial charge < -0.3 is 30.3 Å². The van der Waals surface area contributed by atoms with Crippen LogP contribution in [0.25, 0.3) is 0 Å². The van der Waals surface area contributed by atoms with Crippen molar-refractivity contribution in [3.63, 3.8) is 0 Å². The van der Waals surface area contributed by atoms with Gasteiger partial charge in [0, 0.05) is 0 Å². The van der Waals surface area contributed by atoms with E-state index in [9.17, 15) is 19.8 Å². The van der Waals surface area contributed by atoms with Gasteiger partial charge in [-0.25, -0.2) is 9.59 Å². The predicted molar refractivity (Wildman–Crippen MR) is 141 cm³/mol. The van der Waals surface area contributed by atoms with E-state index < -0.39 is 47.7 Å². The largest absolute Gasteiger partial charge is 0.444 e. The minimum absolute atomic E-state index is 0.358. The third-order valence-corrected chi connectivity index (χ3v) is 7.20. The van der Waals surface area contributed by atoms with E-state index in [1.165, 1.54) is 12.8 Å². The summed E-state index contributed by atoms with van der Waals surface area (Å²) in [7, 11) is 0. The molecule has 8 nitrogen and oxygen atoms in total. The van der Waals surface area contributed by atoms with Gasteiger partial charge in [0.25, 0.3) is 0 Å². The quantitative estimate of drug-likeness (QED) is 0.327. The molecule has 0 spiro atoms. The van der Waals surface area contributed by atoms with Gasteiger partial charge in [-0.3, -0.25) is 0 Å². The number of carbonyl (C=O) groups excluding carboxylic acids is 2. The van der Waals surface area contributed by atoms with Gasteiger partial charge in [0.1, 0.15) is 23.4 Å². The average molecular weight is 513 g/mol. The number of rotatable bonds is 9. The molecule has 8 heteroatoms. The van der Waals surface area contributed by atoms with Crippen LogP contribution in [0.3, 0.4) is 0 Å². The molecule has 4 atom stereocenters. The second kappa shape index (κ2) is 13.8. The fourth-order valence-electron chi connectivity index (χ4n) is 5.53. The highest BCUT2D eigenvalue weighted by Crippen LogP contribution is 2.31. The lowest BCUT2D eigenvalue weighted by Gasteiger charge is -2.37. The maximum atomic E-state index is 12.6. The van der Waals surface area contributed by atoms with E-state index in [-0.39, 0.29) is 0 Å². The van der Waals surface area contributed by atoms with Crippen LogP contribution < -0.4 is 10.6 Å². The lowest BCUT2D eigenvalue weighted by atomic mass is 9.80. The Morgan fingerprint density at radius 3 is 1.25 bits per heavy atom. The Hall–Kier alpha value is -1.54. The molecule has 0 aromatic heterocycles. The van der Waals surface area contributed by atoms with Crippen LogP contribution in [0.15, 0.2) is 0 Å². The Kier molecular flexibility index (Phi) is 11.8. The Morgan fingerprint density at radius 1 is 0.667 bits per heavy atom. The van der Waals surface area contributed by atoms with Crippen molar-refractivity contribution in [3.8, 4) is 0 Å². The molecule has 0 aromatic carbocycles. The van der Waals surface area contributed by atoms with E-state index in [1.54, 1.807) is 41.5 Å². The summed E-state index contributed by atoms with van der Waals surface area (Å²) in [6.45, 7) is 10.7. The van der Waals surface area contributed by atoms with Crippen LogP contribution in [0.2, 0.25) is 0 Å². The molecule has 0 aromatic rings. The van der Waals surface area contributed by atoms with E-state index in [1.807, 2.05) is 0 Å². The highest BCUT2D eigenvalue weighted by Gasteiger charge is 2.38. The molecule has 0 bridgehead atoms.